The molecule has 1 aliphatic rings. The number of aliphatic hydroxyl groups is 1. The van der Waals surface area contributed by atoms with Crippen LogP contribution >= 0.6 is 0 Å². The smallest absolute Gasteiger partial charge is 0.235 e. The lowest BCUT2D eigenvalue weighted by Crippen LogP contribution is -2.62. The van der Waals surface area contributed by atoms with Gasteiger partial charge < -0.3 is 20.9 Å². The second-order valence-corrected chi connectivity index (χ2v) is 6.41. The number of carbonyl (C=O) groups excluding carboxylic acids is 2. The van der Waals surface area contributed by atoms with Crippen molar-refractivity contribution >= 4 is 11.8 Å². The molecule has 2 aromatic carbocycles. The lowest BCUT2D eigenvalue weighted by molar-refractivity contribution is -0.153. The summed E-state index contributed by atoms with van der Waals surface area (Å²) in [6.45, 7) is 0. The van der Waals surface area contributed by atoms with Crippen molar-refractivity contribution < 1.29 is 19.4 Å². The molecule has 7 heteroatoms. The van der Waals surface area contributed by atoms with E-state index in [1.54, 1.807) is 54.6 Å². The van der Waals surface area contributed by atoms with Gasteiger partial charge in [0.25, 0.3) is 0 Å². The number of carbonyl (C=O) groups is 2. The van der Waals surface area contributed by atoms with Gasteiger partial charge in [0.1, 0.15) is 17.6 Å². The quantitative estimate of drug-likeness (QED) is 0.697. The van der Waals surface area contributed by atoms with Crippen molar-refractivity contribution in [2.24, 2.45) is 17.6 Å². The zero-order chi connectivity index (χ0) is 19.6. The van der Waals surface area contributed by atoms with Gasteiger partial charge in [0.15, 0.2) is 5.72 Å². The predicted molar refractivity (Wildman–Crippen MR) is 96.0 cm³/mol. The molecule has 27 heavy (non-hydrogen) atoms. The van der Waals surface area contributed by atoms with Gasteiger partial charge in [0.2, 0.25) is 11.8 Å². The van der Waals surface area contributed by atoms with E-state index in [-0.39, 0.29) is 0 Å². The van der Waals surface area contributed by atoms with Gasteiger partial charge in [-0.15, -0.1) is 0 Å². The van der Waals surface area contributed by atoms with Gasteiger partial charge in [-0.05, 0) is 17.7 Å². The van der Waals surface area contributed by atoms with E-state index in [4.69, 9.17) is 10.5 Å². The highest BCUT2D eigenvalue weighted by Gasteiger charge is 2.55. The highest BCUT2D eigenvalue weighted by atomic mass is 16.5. The first-order valence-electron chi connectivity index (χ1n) is 8.35. The highest BCUT2D eigenvalue weighted by Crippen LogP contribution is 2.45. The van der Waals surface area contributed by atoms with Crippen LogP contribution in [0.4, 0.5) is 0 Å². The lowest BCUT2D eigenvalue weighted by Gasteiger charge is -2.44. The fraction of sp³-hybridized carbons (Fsp3) is 0.250. The Bertz CT molecular complexity index is 892. The third-order valence-corrected chi connectivity index (χ3v) is 4.92. The average molecular weight is 365 g/mol. The molecule has 2 amide bonds. The second kappa shape index (κ2) is 7.09. The summed E-state index contributed by atoms with van der Waals surface area (Å²) in [5.74, 6) is -4.33. The number of methoxy groups -OCH3 is 1. The van der Waals surface area contributed by atoms with Crippen molar-refractivity contribution in [1.82, 2.24) is 5.32 Å². The number of amides is 2. The molecule has 0 radical (unpaired) electrons. The Balaban J connectivity index is 2.16. The number of ether oxygens (including phenoxy) is 1. The molecule has 2 aromatic rings. The minimum absolute atomic E-state index is 0.353. The number of hydrogen-bond donors (Lipinski definition) is 3. The second-order valence-electron chi connectivity index (χ2n) is 6.41. The number of rotatable bonds is 4. The minimum Gasteiger partial charge on any atom is -0.497 e. The summed E-state index contributed by atoms with van der Waals surface area (Å²) in [6.07, 6.45) is 0. The first-order chi connectivity index (χ1) is 12.9. The largest absolute Gasteiger partial charge is 0.497 e. The number of nitrogens with two attached hydrogens (primary N) is 1. The van der Waals surface area contributed by atoms with Crippen LogP contribution in [0.5, 0.6) is 5.75 Å². The minimum atomic E-state index is -1.95. The van der Waals surface area contributed by atoms with Crippen LogP contribution in [-0.4, -0.2) is 24.0 Å². The maximum atomic E-state index is 12.7. The summed E-state index contributed by atoms with van der Waals surface area (Å²) in [7, 11) is 1.52. The molecule has 1 fully saturated rings. The van der Waals surface area contributed by atoms with Crippen LogP contribution in [0.25, 0.3) is 0 Å². The first-order valence-corrected chi connectivity index (χ1v) is 8.35. The van der Waals surface area contributed by atoms with Crippen molar-refractivity contribution in [3.05, 3.63) is 65.7 Å². The van der Waals surface area contributed by atoms with Gasteiger partial charge in [-0.25, -0.2) is 0 Å². The summed E-state index contributed by atoms with van der Waals surface area (Å²) in [4.78, 5) is 24.7. The number of primary amides is 1. The fourth-order valence-electron chi connectivity index (χ4n) is 3.59. The predicted octanol–water partition coefficient (Wildman–Crippen LogP) is 0.995. The monoisotopic (exact) mass is 365 g/mol. The van der Waals surface area contributed by atoms with Crippen LogP contribution in [0.2, 0.25) is 0 Å². The van der Waals surface area contributed by atoms with Crippen LogP contribution in [-0.2, 0) is 15.3 Å². The van der Waals surface area contributed by atoms with E-state index in [1.165, 1.54) is 7.11 Å². The Kier molecular flexibility index (Phi) is 4.84. The lowest BCUT2D eigenvalue weighted by atomic mass is 9.67. The molecule has 0 saturated carbocycles. The van der Waals surface area contributed by atoms with Crippen molar-refractivity contribution in [3.8, 4) is 11.8 Å². The van der Waals surface area contributed by atoms with E-state index >= 15 is 0 Å². The third-order valence-electron chi connectivity index (χ3n) is 4.92. The molecule has 0 unspecified atom stereocenters. The van der Waals surface area contributed by atoms with E-state index < -0.39 is 35.3 Å². The molecular formula is C20H19N3O4. The van der Waals surface area contributed by atoms with Crippen molar-refractivity contribution in [1.29, 1.82) is 5.26 Å². The molecule has 4 N–H and O–H groups in total. The SMILES string of the molecule is COc1ccc([C@H]2[C@@H](C(N)=O)C(=O)N[C@](O)(c3ccccc3)[C@H]2C#N)cc1. The molecule has 4 atom stereocenters. The summed E-state index contributed by atoms with van der Waals surface area (Å²) in [5, 5.41) is 23.6. The molecule has 3 rings (SSSR count). The Morgan fingerprint density at radius 2 is 1.85 bits per heavy atom. The summed E-state index contributed by atoms with van der Waals surface area (Å²) >= 11 is 0. The highest BCUT2D eigenvalue weighted by molar-refractivity contribution is 6.01. The van der Waals surface area contributed by atoms with Crippen molar-refractivity contribution in [2.45, 2.75) is 11.6 Å². The Morgan fingerprint density at radius 3 is 2.37 bits per heavy atom. The molecule has 0 bridgehead atoms. The van der Waals surface area contributed by atoms with E-state index in [2.05, 4.69) is 11.4 Å². The van der Waals surface area contributed by atoms with Crippen LogP contribution in [0.15, 0.2) is 54.6 Å². The van der Waals surface area contributed by atoms with Gasteiger partial charge in [0.05, 0.1) is 13.2 Å². The van der Waals surface area contributed by atoms with E-state index in [0.717, 1.165) is 0 Å². The summed E-state index contributed by atoms with van der Waals surface area (Å²) in [6, 6.07) is 17.1. The van der Waals surface area contributed by atoms with Crippen LogP contribution in [0, 0.1) is 23.2 Å². The van der Waals surface area contributed by atoms with Crippen LogP contribution in [0.1, 0.15) is 17.0 Å². The molecule has 1 saturated heterocycles. The standard InChI is InChI=1S/C20H19N3O4/c1-27-14-9-7-12(8-10-14)16-15(11-21)20(26,13-5-3-2-4-6-13)23-19(25)17(16)18(22)24/h2-10,15-17,26H,1H3,(H2,22,24)(H,23,25)/t15-,16+,17-,20-/m0/s1. The van der Waals surface area contributed by atoms with Gasteiger partial charge in [0, 0.05) is 11.5 Å². The average Bonchev–Trinajstić information content (AvgIpc) is 2.68. The molecule has 7 nitrogen and oxygen atoms in total. The topological polar surface area (TPSA) is 125 Å². The first kappa shape index (κ1) is 18.4. The van der Waals surface area contributed by atoms with Crippen molar-refractivity contribution in [3.63, 3.8) is 0 Å². The normalized spacial score (nSPS) is 27.3. The zero-order valence-electron chi connectivity index (χ0n) is 14.6. The summed E-state index contributed by atoms with van der Waals surface area (Å²) < 4.78 is 5.13. The van der Waals surface area contributed by atoms with E-state index in [0.29, 0.717) is 16.9 Å². The number of nitriles is 1. The molecule has 1 aliphatic heterocycles. The van der Waals surface area contributed by atoms with Gasteiger partial charge in [-0.3, -0.25) is 9.59 Å². The number of nitrogens with one attached hydrogen (secondary N) is 1. The number of nitrogens with zero attached hydrogens (tertiary/aromatic N) is 1. The molecule has 138 valence electrons. The molecule has 0 aromatic heterocycles. The molecule has 1 heterocycles. The van der Waals surface area contributed by atoms with Gasteiger partial charge >= 0.3 is 0 Å². The molecular weight excluding hydrogens is 346 g/mol. The third kappa shape index (κ3) is 3.11. The Hall–Kier alpha value is -3.37. The molecule has 0 aliphatic carbocycles. The van der Waals surface area contributed by atoms with Gasteiger partial charge in [-0.1, -0.05) is 42.5 Å². The van der Waals surface area contributed by atoms with Crippen LogP contribution in [0.3, 0.4) is 0 Å². The Morgan fingerprint density at radius 1 is 1.22 bits per heavy atom. The summed E-state index contributed by atoms with van der Waals surface area (Å²) in [5.41, 5.74) is 4.41. The fourth-order valence-corrected chi connectivity index (χ4v) is 3.59. The van der Waals surface area contributed by atoms with Gasteiger partial charge in [-0.2, -0.15) is 5.26 Å². The van der Waals surface area contributed by atoms with E-state index in [1.807, 2.05) is 0 Å². The maximum Gasteiger partial charge on any atom is 0.235 e. The molecule has 0 spiro atoms. The number of benzene rings is 2. The number of hydrogen-bond acceptors (Lipinski definition) is 5. The van der Waals surface area contributed by atoms with Crippen molar-refractivity contribution in [2.75, 3.05) is 7.11 Å². The Labute approximate surface area is 156 Å². The van der Waals surface area contributed by atoms with E-state index in [9.17, 15) is 20.0 Å². The van der Waals surface area contributed by atoms with Crippen LogP contribution < -0.4 is 15.8 Å². The zero-order valence-corrected chi connectivity index (χ0v) is 14.6. The number of piperidine rings is 1. The maximum absolute atomic E-state index is 12.7.